The highest BCUT2D eigenvalue weighted by Crippen LogP contribution is 2.29. The number of methoxy groups -OCH3 is 2. The Bertz CT molecular complexity index is 786. The van der Waals surface area contributed by atoms with Gasteiger partial charge in [0.05, 0.1) is 26.3 Å². The molecule has 2 aromatic rings. The molecule has 0 bridgehead atoms. The van der Waals surface area contributed by atoms with Crippen molar-refractivity contribution >= 4 is 29.2 Å². The van der Waals surface area contributed by atoms with Gasteiger partial charge in [-0.15, -0.1) is 0 Å². The summed E-state index contributed by atoms with van der Waals surface area (Å²) in [4.78, 5) is 23.0. The van der Waals surface area contributed by atoms with Crippen molar-refractivity contribution in [2.45, 2.75) is 6.42 Å². The zero-order valence-corrected chi connectivity index (χ0v) is 15.0. The molecule has 2 aromatic carbocycles. The van der Waals surface area contributed by atoms with E-state index in [1.165, 1.54) is 20.3 Å². The van der Waals surface area contributed by atoms with Gasteiger partial charge in [-0.1, -0.05) is 11.6 Å². The molecule has 8 heteroatoms. The van der Waals surface area contributed by atoms with Gasteiger partial charge in [-0.3, -0.25) is 4.79 Å². The second kappa shape index (κ2) is 8.96. The third kappa shape index (κ3) is 5.56. The number of benzene rings is 2. The Hall–Kier alpha value is -2.93. The van der Waals surface area contributed by atoms with Crippen LogP contribution in [0.25, 0.3) is 0 Å². The van der Waals surface area contributed by atoms with Crippen molar-refractivity contribution in [1.82, 2.24) is 0 Å². The summed E-state index contributed by atoms with van der Waals surface area (Å²) in [7, 11) is 3.05. The van der Waals surface area contributed by atoms with E-state index in [2.05, 4.69) is 5.32 Å². The molecule has 0 saturated heterocycles. The summed E-state index contributed by atoms with van der Waals surface area (Å²) in [6.07, 6.45) is 0.0640. The van der Waals surface area contributed by atoms with Gasteiger partial charge in [-0.2, -0.15) is 0 Å². The van der Waals surface area contributed by atoms with Crippen LogP contribution in [0.4, 0.5) is 5.69 Å². The van der Waals surface area contributed by atoms with E-state index in [1.807, 2.05) is 0 Å². The van der Waals surface area contributed by atoms with Gasteiger partial charge in [0.25, 0.3) is 0 Å². The van der Waals surface area contributed by atoms with Gasteiger partial charge in [0.2, 0.25) is 5.91 Å². The Morgan fingerprint density at radius 1 is 1.08 bits per heavy atom. The van der Waals surface area contributed by atoms with Gasteiger partial charge in [0.1, 0.15) is 17.2 Å². The Morgan fingerprint density at radius 2 is 1.73 bits per heavy atom. The van der Waals surface area contributed by atoms with E-state index in [1.54, 1.807) is 30.3 Å². The molecule has 0 unspecified atom stereocenters. The average Bonchev–Trinajstić information content (AvgIpc) is 2.61. The van der Waals surface area contributed by atoms with Gasteiger partial charge >= 0.3 is 5.97 Å². The van der Waals surface area contributed by atoms with Crippen molar-refractivity contribution in [1.29, 1.82) is 0 Å². The highest BCUT2D eigenvalue weighted by atomic mass is 35.5. The second-order valence-corrected chi connectivity index (χ2v) is 5.71. The van der Waals surface area contributed by atoms with E-state index >= 15 is 0 Å². The summed E-state index contributed by atoms with van der Waals surface area (Å²) < 4.78 is 15.5. The molecule has 0 aromatic heterocycles. The van der Waals surface area contributed by atoms with Crippen LogP contribution >= 0.6 is 11.6 Å². The number of halogens is 1. The molecule has 1 amide bonds. The number of rotatable bonds is 8. The zero-order chi connectivity index (χ0) is 19.1. The lowest BCUT2D eigenvalue weighted by molar-refractivity contribution is -0.139. The van der Waals surface area contributed by atoms with Crippen molar-refractivity contribution in [3.05, 3.63) is 47.0 Å². The number of nitrogens with one attached hydrogen (secondary N) is 1. The Balaban J connectivity index is 2.13. The Kier molecular flexibility index (Phi) is 6.68. The second-order valence-electron chi connectivity index (χ2n) is 5.27. The number of carbonyl (C=O) groups is 2. The van der Waals surface area contributed by atoms with Crippen LogP contribution in [0.5, 0.6) is 17.2 Å². The molecule has 0 atom stereocenters. The fourth-order valence-corrected chi connectivity index (χ4v) is 2.37. The first-order valence-corrected chi connectivity index (χ1v) is 7.95. The van der Waals surface area contributed by atoms with E-state index in [4.69, 9.17) is 30.9 Å². The summed E-state index contributed by atoms with van der Waals surface area (Å²) in [5, 5.41) is 11.8. The average molecular weight is 380 g/mol. The maximum atomic E-state index is 12.4. The summed E-state index contributed by atoms with van der Waals surface area (Å²) >= 11 is 5.90. The quantitative estimate of drug-likeness (QED) is 0.732. The van der Waals surface area contributed by atoms with Crippen LogP contribution in [0, 0.1) is 0 Å². The lowest BCUT2D eigenvalue weighted by Crippen LogP contribution is -2.16. The van der Waals surface area contributed by atoms with Gasteiger partial charge in [0, 0.05) is 17.2 Å². The Morgan fingerprint density at radius 3 is 2.31 bits per heavy atom. The third-order valence-electron chi connectivity index (χ3n) is 3.34. The number of carboxylic acids is 1. The molecule has 0 radical (unpaired) electrons. The smallest absolute Gasteiger partial charge is 0.341 e. The molecule has 2 N–H and O–H groups in total. The minimum atomic E-state index is -1.13. The van der Waals surface area contributed by atoms with Crippen LogP contribution in [0.1, 0.15) is 5.56 Å². The minimum Gasteiger partial charge on any atom is -0.497 e. The summed E-state index contributed by atoms with van der Waals surface area (Å²) in [6, 6.07) is 9.72. The third-order valence-corrected chi connectivity index (χ3v) is 3.58. The summed E-state index contributed by atoms with van der Waals surface area (Å²) in [5.41, 5.74) is 1.02. The molecule has 0 fully saturated rings. The van der Waals surface area contributed by atoms with Crippen LogP contribution < -0.4 is 19.5 Å². The van der Waals surface area contributed by atoms with E-state index < -0.39 is 12.6 Å². The lowest BCUT2D eigenvalue weighted by Gasteiger charge is -2.12. The topological polar surface area (TPSA) is 94.1 Å². The highest BCUT2D eigenvalue weighted by Gasteiger charge is 2.12. The summed E-state index contributed by atoms with van der Waals surface area (Å²) in [5.74, 6) is -0.127. The molecule has 2 rings (SSSR count). The van der Waals surface area contributed by atoms with Crippen LogP contribution in [0.2, 0.25) is 5.02 Å². The van der Waals surface area contributed by atoms with E-state index in [-0.39, 0.29) is 18.1 Å². The maximum absolute atomic E-state index is 12.4. The molecule has 0 heterocycles. The number of ether oxygens (including phenoxy) is 3. The van der Waals surface area contributed by atoms with Crippen molar-refractivity contribution in [3.8, 4) is 17.2 Å². The first-order valence-electron chi connectivity index (χ1n) is 7.57. The number of carbonyl (C=O) groups excluding carboxylic acids is 1. The SMILES string of the molecule is COc1cc(CC(=O)Nc2ccc(Cl)cc2OCC(=O)O)cc(OC)c1. The highest BCUT2D eigenvalue weighted by molar-refractivity contribution is 6.30. The van der Waals surface area contributed by atoms with E-state index in [9.17, 15) is 9.59 Å². The van der Waals surface area contributed by atoms with Crippen molar-refractivity contribution in [2.75, 3.05) is 26.1 Å². The fraction of sp³-hybridized carbons (Fsp3) is 0.222. The molecule has 26 heavy (non-hydrogen) atoms. The summed E-state index contributed by atoms with van der Waals surface area (Å²) in [6.45, 7) is -0.545. The molecular formula is C18H18ClNO6. The largest absolute Gasteiger partial charge is 0.497 e. The predicted molar refractivity (Wildman–Crippen MR) is 96.5 cm³/mol. The zero-order valence-electron chi connectivity index (χ0n) is 14.2. The van der Waals surface area contributed by atoms with Gasteiger partial charge in [-0.05, 0) is 29.8 Å². The van der Waals surface area contributed by atoms with E-state index in [0.717, 1.165) is 0 Å². The monoisotopic (exact) mass is 379 g/mol. The van der Waals surface area contributed by atoms with Crippen molar-refractivity contribution < 1.29 is 28.9 Å². The molecule has 0 aliphatic rings. The maximum Gasteiger partial charge on any atom is 0.341 e. The normalized spacial score (nSPS) is 10.1. The van der Waals surface area contributed by atoms with Gasteiger partial charge in [-0.25, -0.2) is 4.79 Å². The van der Waals surface area contributed by atoms with E-state index in [0.29, 0.717) is 27.8 Å². The number of carboxylic acid groups (broad SMARTS) is 1. The fourth-order valence-electron chi connectivity index (χ4n) is 2.21. The lowest BCUT2D eigenvalue weighted by atomic mass is 10.1. The van der Waals surface area contributed by atoms with Crippen molar-refractivity contribution in [2.24, 2.45) is 0 Å². The molecule has 138 valence electrons. The van der Waals surface area contributed by atoms with Crippen molar-refractivity contribution in [3.63, 3.8) is 0 Å². The van der Waals surface area contributed by atoms with Crippen LogP contribution in [-0.2, 0) is 16.0 Å². The number of hydrogen-bond acceptors (Lipinski definition) is 5. The molecule has 0 saturated carbocycles. The number of aliphatic carboxylic acids is 1. The molecule has 0 aliphatic carbocycles. The number of amides is 1. The Labute approximate surface area is 155 Å². The van der Waals surface area contributed by atoms with Crippen LogP contribution in [0.15, 0.2) is 36.4 Å². The van der Waals surface area contributed by atoms with Crippen LogP contribution in [0.3, 0.4) is 0 Å². The first-order chi connectivity index (χ1) is 12.4. The standard InChI is InChI=1S/C18H18ClNO6/c1-24-13-5-11(6-14(9-13)25-2)7-17(21)20-15-4-3-12(19)8-16(15)26-10-18(22)23/h3-6,8-9H,7,10H2,1-2H3,(H,20,21)(H,22,23). The van der Waals surface area contributed by atoms with Crippen LogP contribution in [-0.4, -0.2) is 37.8 Å². The van der Waals surface area contributed by atoms with Gasteiger partial charge in [0.15, 0.2) is 6.61 Å². The first kappa shape index (κ1) is 19.4. The molecule has 0 spiro atoms. The molecule has 7 nitrogen and oxygen atoms in total. The van der Waals surface area contributed by atoms with Gasteiger partial charge < -0.3 is 24.6 Å². The predicted octanol–water partition coefficient (Wildman–Crippen LogP) is 3.00. The minimum absolute atomic E-state index is 0.0640. The number of hydrogen-bond donors (Lipinski definition) is 2. The molecular weight excluding hydrogens is 362 g/mol. The number of anilines is 1. The molecule has 0 aliphatic heterocycles.